The summed E-state index contributed by atoms with van der Waals surface area (Å²) < 4.78 is 7.53. The van der Waals surface area contributed by atoms with Crippen LogP contribution in [0, 0.1) is 6.92 Å². The van der Waals surface area contributed by atoms with E-state index in [-0.39, 0.29) is 5.54 Å². The van der Waals surface area contributed by atoms with Crippen molar-refractivity contribution in [2.75, 3.05) is 7.11 Å². The monoisotopic (exact) mass is 287 g/mol. The molecule has 0 saturated carbocycles. The molecular weight excluding hydrogens is 262 g/mol. The van der Waals surface area contributed by atoms with Crippen molar-refractivity contribution in [1.82, 2.24) is 14.9 Å². The van der Waals surface area contributed by atoms with E-state index in [1.807, 2.05) is 25.3 Å². The number of aromatic nitrogens is 2. The second-order valence-electron chi connectivity index (χ2n) is 6.34. The Morgan fingerprint density at radius 1 is 1.29 bits per heavy atom. The van der Waals surface area contributed by atoms with Gasteiger partial charge >= 0.3 is 0 Å². The lowest BCUT2D eigenvalue weighted by atomic mass is 10.1. The van der Waals surface area contributed by atoms with E-state index in [2.05, 4.69) is 47.8 Å². The topological polar surface area (TPSA) is 39.1 Å². The van der Waals surface area contributed by atoms with Gasteiger partial charge in [0.1, 0.15) is 11.6 Å². The van der Waals surface area contributed by atoms with Crippen LogP contribution >= 0.6 is 0 Å². The van der Waals surface area contributed by atoms with Gasteiger partial charge in [0.05, 0.1) is 12.8 Å². The molecule has 21 heavy (non-hydrogen) atoms. The Morgan fingerprint density at radius 2 is 2.05 bits per heavy atom. The second-order valence-corrected chi connectivity index (χ2v) is 6.34. The minimum absolute atomic E-state index is 0.0962. The summed E-state index contributed by atoms with van der Waals surface area (Å²) in [4.78, 5) is 4.45. The average Bonchev–Trinajstić information content (AvgIpc) is 2.77. The highest BCUT2D eigenvalue weighted by atomic mass is 16.5. The number of benzene rings is 1. The molecule has 2 rings (SSSR count). The highest BCUT2D eigenvalue weighted by Crippen LogP contribution is 2.16. The zero-order chi connectivity index (χ0) is 15.5. The first-order chi connectivity index (χ1) is 9.89. The lowest BCUT2D eigenvalue weighted by molar-refractivity contribution is 0.413. The first kappa shape index (κ1) is 15.6. The second kappa shape index (κ2) is 6.31. The van der Waals surface area contributed by atoms with Gasteiger partial charge in [0, 0.05) is 24.8 Å². The van der Waals surface area contributed by atoms with Crippen molar-refractivity contribution in [2.45, 2.75) is 46.3 Å². The van der Waals surface area contributed by atoms with Crippen molar-refractivity contribution in [3.8, 4) is 5.75 Å². The summed E-state index contributed by atoms with van der Waals surface area (Å²) in [7, 11) is 1.69. The maximum absolute atomic E-state index is 5.29. The molecule has 0 aliphatic rings. The number of hydrogen-bond donors (Lipinski definition) is 1. The molecule has 0 spiro atoms. The molecule has 1 aromatic heterocycles. The lowest BCUT2D eigenvalue weighted by Gasteiger charge is -2.21. The van der Waals surface area contributed by atoms with Gasteiger partial charge < -0.3 is 14.6 Å². The van der Waals surface area contributed by atoms with Crippen LogP contribution in [0.15, 0.2) is 30.5 Å². The standard InChI is InChI=1S/C17H25N3O/c1-13-18-10-15(11-19-17(2,3)4)20(13)12-14-7-6-8-16(9-14)21-5/h6-10,19H,11-12H2,1-5H3. The summed E-state index contributed by atoms with van der Waals surface area (Å²) in [5, 5.41) is 3.51. The first-order valence-electron chi connectivity index (χ1n) is 7.28. The normalized spacial score (nSPS) is 11.7. The van der Waals surface area contributed by atoms with E-state index in [1.54, 1.807) is 7.11 Å². The summed E-state index contributed by atoms with van der Waals surface area (Å²) in [5.41, 5.74) is 2.51. The Morgan fingerprint density at radius 3 is 2.71 bits per heavy atom. The van der Waals surface area contributed by atoms with Crippen LogP contribution in [0.25, 0.3) is 0 Å². The summed E-state index contributed by atoms with van der Waals surface area (Å²) in [6.07, 6.45) is 1.95. The lowest BCUT2D eigenvalue weighted by Crippen LogP contribution is -2.35. The van der Waals surface area contributed by atoms with Gasteiger partial charge in [0.15, 0.2) is 0 Å². The molecule has 4 nitrogen and oxygen atoms in total. The summed E-state index contributed by atoms with van der Waals surface area (Å²) in [5.74, 6) is 1.92. The van der Waals surface area contributed by atoms with E-state index < -0.39 is 0 Å². The van der Waals surface area contributed by atoms with E-state index in [0.717, 1.165) is 24.7 Å². The Bertz CT molecular complexity index is 596. The van der Waals surface area contributed by atoms with E-state index in [4.69, 9.17) is 4.74 Å². The number of nitrogens with zero attached hydrogens (tertiary/aromatic N) is 2. The molecule has 2 aromatic rings. The molecule has 1 N–H and O–H groups in total. The third-order valence-electron chi connectivity index (χ3n) is 3.41. The largest absolute Gasteiger partial charge is 0.497 e. The first-order valence-corrected chi connectivity index (χ1v) is 7.28. The number of nitrogens with one attached hydrogen (secondary N) is 1. The highest BCUT2D eigenvalue weighted by molar-refractivity contribution is 5.29. The van der Waals surface area contributed by atoms with Crippen LogP contribution in [0.4, 0.5) is 0 Å². The number of imidazole rings is 1. The van der Waals surface area contributed by atoms with Gasteiger partial charge in [-0.2, -0.15) is 0 Å². The third kappa shape index (κ3) is 4.33. The van der Waals surface area contributed by atoms with Crippen LogP contribution in [-0.4, -0.2) is 22.2 Å². The highest BCUT2D eigenvalue weighted by Gasteiger charge is 2.12. The fourth-order valence-corrected chi connectivity index (χ4v) is 2.18. The van der Waals surface area contributed by atoms with Crippen LogP contribution in [0.1, 0.15) is 37.9 Å². The molecule has 0 atom stereocenters. The molecule has 0 radical (unpaired) electrons. The van der Waals surface area contributed by atoms with Gasteiger partial charge in [0.25, 0.3) is 0 Å². The van der Waals surface area contributed by atoms with Gasteiger partial charge in [-0.1, -0.05) is 12.1 Å². The Hall–Kier alpha value is -1.81. The molecule has 1 heterocycles. The fourth-order valence-electron chi connectivity index (χ4n) is 2.18. The van der Waals surface area contributed by atoms with Gasteiger partial charge in [-0.25, -0.2) is 4.98 Å². The van der Waals surface area contributed by atoms with E-state index in [9.17, 15) is 0 Å². The van der Waals surface area contributed by atoms with Crippen LogP contribution in [0.5, 0.6) is 5.75 Å². The third-order valence-corrected chi connectivity index (χ3v) is 3.41. The Kier molecular flexibility index (Phi) is 4.68. The minimum Gasteiger partial charge on any atom is -0.497 e. The van der Waals surface area contributed by atoms with Gasteiger partial charge in [0.2, 0.25) is 0 Å². The molecule has 1 aromatic carbocycles. The van der Waals surface area contributed by atoms with Crippen molar-refractivity contribution < 1.29 is 4.74 Å². The Labute approximate surface area is 127 Å². The smallest absolute Gasteiger partial charge is 0.119 e. The zero-order valence-electron chi connectivity index (χ0n) is 13.6. The quantitative estimate of drug-likeness (QED) is 0.918. The van der Waals surface area contributed by atoms with Gasteiger partial charge in [-0.15, -0.1) is 0 Å². The van der Waals surface area contributed by atoms with Crippen molar-refractivity contribution >= 4 is 0 Å². The molecule has 0 aliphatic heterocycles. The maximum atomic E-state index is 5.29. The van der Waals surface area contributed by atoms with Crippen LogP contribution in [0.3, 0.4) is 0 Å². The molecule has 4 heteroatoms. The minimum atomic E-state index is 0.0962. The van der Waals surface area contributed by atoms with Gasteiger partial charge in [-0.3, -0.25) is 0 Å². The number of aryl methyl sites for hydroxylation is 1. The summed E-state index contributed by atoms with van der Waals surface area (Å²) >= 11 is 0. The van der Waals surface area contributed by atoms with Crippen molar-refractivity contribution in [3.05, 3.63) is 47.5 Å². The van der Waals surface area contributed by atoms with Gasteiger partial charge in [-0.05, 0) is 45.4 Å². The fraction of sp³-hybridized carbons (Fsp3) is 0.471. The molecule has 0 saturated heterocycles. The van der Waals surface area contributed by atoms with Crippen molar-refractivity contribution in [2.24, 2.45) is 0 Å². The van der Waals surface area contributed by atoms with Crippen LogP contribution in [0.2, 0.25) is 0 Å². The molecule has 0 amide bonds. The van der Waals surface area contributed by atoms with E-state index in [0.29, 0.717) is 0 Å². The molecule has 0 aliphatic carbocycles. The van der Waals surface area contributed by atoms with Crippen LogP contribution < -0.4 is 10.1 Å². The maximum Gasteiger partial charge on any atom is 0.119 e. The van der Waals surface area contributed by atoms with Crippen molar-refractivity contribution in [1.29, 1.82) is 0 Å². The molecule has 114 valence electrons. The number of hydrogen-bond acceptors (Lipinski definition) is 3. The van der Waals surface area contributed by atoms with Crippen molar-refractivity contribution in [3.63, 3.8) is 0 Å². The molecular formula is C17H25N3O. The van der Waals surface area contributed by atoms with E-state index in [1.165, 1.54) is 11.3 Å². The average molecular weight is 287 g/mol. The molecule has 0 fully saturated rings. The zero-order valence-corrected chi connectivity index (χ0v) is 13.6. The molecule has 0 bridgehead atoms. The number of ether oxygens (including phenoxy) is 1. The summed E-state index contributed by atoms with van der Waals surface area (Å²) in [6, 6.07) is 8.17. The Balaban J connectivity index is 2.17. The molecule has 0 unspecified atom stereocenters. The van der Waals surface area contributed by atoms with Crippen LogP contribution in [-0.2, 0) is 13.1 Å². The number of rotatable bonds is 5. The van der Waals surface area contributed by atoms with E-state index >= 15 is 0 Å². The predicted octanol–water partition coefficient (Wildman–Crippen LogP) is 3.14. The number of methoxy groups -OCH3 is 1. The SMILES string of the molecule is COc1cccc(Cn2c(CNC(C)(C)C)cnc2C)c1. The summed E-state index contributed by atoms with van der Waals surface area (Å²) in [6.45, 7) is 10.2. The predicted molar refractivity (Wildman–Crippen MR) is 85.7 cm³/mol.